The van der Waals surface area contributed by atoms with Gasteiger partial charge in [0.1, 0.15) is 5.52 Å². The zero-order chi connectivity index (χ0) is 13.4. The predicted octanol–water partition coefficient (Wildman–Crippen LogP) is 3.15. The van der Waals surface area contributed by atoms with Gasteiger partial charge < -0.3 is 5.73 Å². The summed E-state index contributed by atoms with van der Waals surface area (Å²) in [5.41, 5.74) is 9.11. The zero-order valence-corrected chi connectivity index (χ0v) is 11.8. The van der Waals surface area contributed by atoms with E-state index in [0.717, 1.165) is 35.1 Å². The van der Waals surface area contributed by atoms with Gasteiger partial charge in [0.2, 0.25) is 5.95 Å². The first-order valence-electron chi connectivity index (χ1n) is 7.22. The summed E-state index contributed by atoms with van der Waals surface area (Å²) in [5.74, 6) is 2.21. The Morgan fingerprint density at radius 2 is 2.05 bits per heavy atom. The summed E-state index contributed by atoms with van der Waals surface area (Å²) in [4.78, 5) is 8.94. The van der Waals surface area contributed by atoms with E-state index in [1.54, 1.807) is 0 Å². The van der Waals surface area contributed by atoms with Gasteiger partial charge in [-0.15, -0.1) is 0 Å². The van der Waals surface area contributed by atoms with Gasteiger partial charge in [-0.05, 0) is 43.2 Å². The molecule has 1 aliphatic rings. The highest BCUT2D eigenvalue weighted by atomic mass is 15.2. The monoisotopic (exact) mass is 258 g/mol. The van der Waals surface area contributed by atoms with E-state index in [9.17, 15) is 0 Å². The number of nitrogens with zero attached hydrogens (tertiary/aromatic N) is 3. The minimum Gasteiger partial charge on any atom is -0.369 e. The molecule has 4 nitrogen and oxygen atoms in total. The van der Waals surface area contributed by atoms with Crippen LogP contribution in [0.3, 0.4) is 0 Å². The van der Waals surface area contributed by atoms with Crippen molar-refractivity contribution in [2.45, 2.75) is 46.1 Å². The largest absolute Gasteiger partial charge is 0.369 e. The predicted molar refractivity (Wildman–Crippen MR) is 77.8 cm³/mol. The van der Waals surface area contributed by atoms with Gasteiger partial charge in [0, 0.05) is 12.7 Å². The minimum atomic E-state index is 0.607. The maximum atomic E-state index is 6.08. The van der Waals surface area contributed by atoms with Crippen molar-refractivity contribution in [1.29, 1.82) is 0 Å². The highest BCUT2D eigenvalue weighted by Crippen LogP contribution is 2.31. The second kappa shape index (κ2) is 4.83. The Labute approximate surface area is 114 Å². The lowest BCUT2D eigenvalue weighted by Crippen LogP contribution is -2.18. The summed E-state index contributed by atoms with van der Waals surface area (Å²) in [6.45, 7) is 5.37. The van der Waals surface area contributed by atoms with Crippen LogP contribution in [0, 0.1) is 18.8 Å². The van der Waals surface area contributed by atoms with Crippen molar-refractivity contribution in [3.05, 3.63) is 17.8 Å². The minimum absolute atomic E-state index is 0.607. The van der Waals surface area contributed by atoms with E-state index in [4.69, 9.17) is 5.73 Å². The molecule has 2 aromatic rings. The van der Waals surface area contributed by atoms with E-state index < -0.39 is 0 Å². The van der Waals surface area contributed by atoms with Crippen LogP contribution in [0.15, 0.2) is 12.3 Å². The van der Waals surface area contributed by atoms with Crippen LogP contribution in [0.1, 0.15) is 38.2 Å². The number of rotatable bonds is 2. The molecule has 2 N–H and O–H groups in total. The van der Waals surface area contributed by atoms with Crippen molar-refractivity contribution >= 4 is 17.1 Å². The Kier molecular flexibility index (Phi) is 3.17. The molecule has 1 fully saturated rings. The molecule has 0 spiro atoms. The lowest BCUT2D eigenvalue weighted by atomic mass is 9.83. The van der Waals surface area contributed by atoms with E-state index in [0.29, 0.717) is 5.95 Å². The van der Waals surface area contributed by atoms with Crippen LogP contribution in [0.2, 0.25) is 0 Å². The zero-order valence-electron chi connectivity index (χ0n) is 11.8. The third kappa shape index (κ3) is 2.31. The van der Waals surface area contributed by atoms with E-state index in [-0.39, 0.29) is 0 Å². The van der Waals surface area contributed by atoms with Crippen molar-refractivity contribution in [1.82, 2.24) is 14.5 Å². The molecule has 0 unspecified atom stereocenters. The fourth-order valence-corrected chi connectivity index (χ4v) is 3.11. The molecule has 0 aromatic carbocycles. The number of fused-ring (bicyclic) bond motifs is 1. The number of pyridine rings is 1. The summed E-state index contributed by atoms with van der Waals surface area (Å²) in [7, 11) is 0. The molecule has 0 amide bonds. The second-order valence-corrected chi connectivity index (χ2v) is 6.01. The fourth-order valence-electron chi connectivity index (χ4n) is 3.11. The number of hydrogen-bond acceptors (Lipinski definition) is 3. The summed E-state index contributed by atoms with van der Waals surface area (Å²) in [5, 5.41) is 0. The third-order valence-electron chi connectivity index (χ3n) is 4.44. The molecular formula is C15H22N4. The molecule has 0 radical (unpaired) electrons. The van der Waals surface area contributed by atoms with Crippen molar-refractivity contribution < 1.29 is 0 Å². The van der Waals surface area contributed by atoms with Crippen LogP contribution in [0.5, 0.6) is 0 Å². The number of nitrogens with two attached hydrogens (primary N) is 1. The Balaban J connectivity index is 1.88. The maximum absolute atomic E-state index is 6.08. The Morgan fingerprint density at radius 1 is 1.32 bits per heavy atom. The molecule has 0 aliphatic heterocycles. The van der Waals surface area contributed by atoms with Gasteiger partial charge in [-0.3, -0.25) is 4.57 Å². The first-order chi connectivity index (χ1) is 9.15. The number of anilines is 1. The average Bonchev–Trinajstić information content (AvgIpc) is 2.71. The lowest BCUT2D eigenvalue weighted by molar-refractivity contribution is 0.267. The molecule has 19 heavy (non-hydrogen) atoms. The first-order valence-corrected chi connectivity index (χ1v) is 7.22. The quantitative estimate of drug-likeness (QED) is 0.900. The number of imidazole rings is 1. The molecule has 0 saturated heterocycles. The van der Waals surface area contributed by atoms with Crippen LogP contribution in [0.25, 0.3) is 11.2 Å². The number of aryl methyl sites for hydroxylation is 1. The lowest BCUT2D eigenvalue weighted by Gasteiger charge is -2.26. The van der Waals surface area contributed by atoms with Crippen molar-refractivity contribution in [3.8, 4) is 0 Å². The van der Waals surface area contributed by atoms with Crippen LogP contribution >= 0.6 is 0 Å². The molecule has 2 heterocycles. The van der Waals surface area contributed by atoms with Crippen LogP contribution in [0.4, 0.5) is 5.95 Å². The molecule has 0 atom stereocenters. The average molecular weight is 258 g/mol. The Bertz CT molecular complexity index is 579. The van der Waals surface area contributed by atoms with Crippen molar-refractivity contribution in [2.75, 3.05) is 5.73 Å². The molecule has 3 rings (SSSR count). The Hall–Kier alpha value is -1.58. The summed E-state index contributed by atoms with van der Waals surface area (Å²) < 4.78 is 2.10. The number of aromatic nitrogens is 3. The molecule has 1 aliphatic carbocycles. The van der Waals surface area contributed by atoms with Crippen molar-refractivity contribution in [2.24, 2.45) is 11.8 Å². The van der Waals surface area contributed by atoms with Crippen LogP contribution in [-0.2, 0) is 6.54 Å². The fraction of sp³-hybridized carbons (Fsp3) is 0.600. The van der Waals surface area contributed by atoms with Gasteiger partial charge in [0.15, 0.2) is 5.65 Å². The summed E-state index contributed by atoms with van der Waals surface area (Å²) >= 11 is 0. The second-order valence-electron chi connectivity index (χ2n) is 6.01. The van der Waals surface area contributed by atoms with Gasteiger partial charge in [0.05, 0.1) is 0 Å². The number of nitrogen functional groups attached to an aromatic ring is 1. The smallest absolute Gasteiger partial charge is 0.202 e. The van der Waals surface area contributed by atoms with E-state index in [1.165, 1.54) is 25.7 Å². The highest BCUT2D eigenvalue weighted by Gasteiger charge is 2.21. The van der Waals surface area contributed by atoms with Gasteiger partial charge in [-0.2, -0.15) is 0 Å². The standard InChI is InChI=1S/C15H22N4/c1-10-3-5-12(6-4-10)9-19-14-13(18-15(19)16)11(2)7-8-17-14/h7-8,10,12H,3-6,9H2,1-2H3,(H2,16,18). The molecule has 4 heteroatoms. The summed E-state index contributed by atoms with van der Waals surface area (Å²) in [6.07, 6.45) is 7.11. The van der Waals surface area contributed by atoms with Crippen LogP contribution in [-0.4, -0.2) is 14.5 Å². The Morgan fingerprint density at radius 3 is 2.79 bits per heavy atom. The van der Waals surface area contributed by atoms with E-state index in [1.807, 2.05) is 12.3 Å². The van der Waals surface area contributed by atoms with Gasteiger partial charge in [-0.1, -0.05) is 19.8 Å². The van der Waals surface area contributed by atoms with E-state index in [2.05, 4.69) is 28.4 Å². The van der Waals surface area contributed by atoms with Crippen molar-refractivity contribution in [3.63, 3.8) is 0 Å². The molecule has 1 saturated carbocycles. The first kappa shape index (κ1) is 12.5. The van der Waals surface area contributed by atoms with Gasteiger partial charge in [0.25, 0.3) is 0 Å². The summed E-state index contributed by atoms with van der Waals surface area (Å²) in [6, 6.07) is 1.99. The van der Waals surface area contributed by atoms with E-state index >= 15 is 0 Å². The van der Waals surface area contributed by atoms with Gasteiger partial charge in [-0.25, -0.2) is 9.97 Å². The molecule has 102 valence electrons. The van der Waals surface area contributed by atoms with Crippen LogP contribution < -0.4 is 5.73 Å². The molecule has 2 aromatic heterocycles. The highest BCUT2D eigenvalue weighted by molar-refractivity contribution is 5.77. The maximum Gasteiger partial charge on any atom is 0.202 e. The SMILES string of the molecule is Cc1ccnc2c1nc(N)n2CC1CCC(C)CC1. The molecule has 0 bridgehead atoms. The normalized spacial score (nSPS) is 23.9. The number of hydrogen-bond donors (Lipinski definition) is 1. The topological polar surface area (TPSA) is 56.7 Å². The third-order valence-corrected chi connectivity index (χ3v) is 4.44. The van der Waals surface area contributed by atoms with Gasteiger partial charge >= 0.3 is 0 Å². The molecular weight excluding hydrogens is 236 g/mol.